The first-order chi connectivity index (χ1) is 7.87. The third-order valence-corrected chi connectivity index (χ3v) is 5.23. The van der Waals surface area contributed by atoms with E-state index in [0.29, 0.717) is 0 Å². The van der Waals surface area contributed by atoms with Gasteiger partial charge in [-0.25, -0.2) is 8.93 Å². The molecule has 0 aromatic rings. The average molecular weight is 275 g/mol. The number of hydrogen-bond acceptors (Lipinski definition) is 3. The topological polar surface area (TPSA) is 47.6 Å². The lowest BCUT2D eigenvalue weighted by Gasteiger charge is -2.32. The highest BCUT2D eigenvalue weighted by atomic mass is 32.2. The molecule has 0 spiro atoms. The van der Waals surface area contributed by atoms with Gasteiger partial charge in [-0.2, -0.15) is 0 Å². The van der Waals surface area contributed by atoms with Crippen LogP contribution in [-0.2, 0) is 20.3 Å². The molecule has 106 valence electrons. The highest BCUT2D eigenvalue weighted by Crippen LogP contribution is 2.37. The van der Waals surface area contributed by atoms with Crippen LogP contribution >= 0.6 is 0 Å². The Labute approximate surface area is 114 Å². The van der Waals surface area contributed by atoms with Crippen molar-refractivity contribution in [2.45, 2.75) is 77.3 Å². The maximum Gasteiger partial charge on any atom is 0.476 e. The largest absolute Gasteiger partial charge is 0.476 e. The van der Waals surface area contributed by atoms with Gasteiger partial charge in [-0.1, -0.05) is 6.92 Å². The highest BCUT2D eigenvalue weighted by molar-refractivity contribution is 7.84. The maximum atomic E-state index is 12.0. The molecule has 0 aromatic heterocycles. The molecule has 1 rings (SSSR count). The Balaban J connectivity index is 2.66. The van der Waals surface area contributed by atoms with Crippen molar-refractivity contribution in [3.8, 4) is 0 Å². The minimum Gasteiger partial charge on any atom is -0.402 e. The van der Waals surface area contributed by atoms with Crippen molar-refractivity contribution in [3.63, 3.8) is 0 Å². The lowest BCUT2D eigenvalue weighted by Crippen LogP contribution is -2.47. The molecule has 4 nitrogen and oxygen atoms in total. The van der Waals surface area contributed by atoms with Crippen molar-refractivity contribution in [2.75, 3.05) is 0 Å². The van der Waals surface area contributed by atoms with Crippen LogP contribution in [0.25, 0.3) is 0 Å². The van der Waals surface area contributed by atoms with Crippen LogP contribution in [0.15, 0.2) is 0 Å². The Kier molecular flexibility index (Phi) is 4.39. The summed E-state index contributed by atoms with van der Waals surface area (Å²) >= 11 is 0. The van der Waals surface area contributed by atoms with E-state index in [1.165, 1.54) is 0 Å². The van der Waals surface area contributed by atoms with E-state index in [1.54, 1.807) is 0 Å². The van der Waals surface area contributed by atoms with E-state index in [0.717, 1.165) is 0 Å². The third-order valence-electron chi connectivity index (χ3n) is 3.53. The van der Waals surface area contributed by atoms with Gasteiger partial charge in [0.15, 0.2) is 0 Å². The smallest absolute Gasteiger partial charge is 0.402 e. The number of rotatable bonds is 3. The van der Waals surface area contributed by atoms with Gasteiger partial charge in [-0.15, -0.1) is 0 Å². The summed E-state index contributed by atoms with van der Waals surface area (Å²) in [5, 5.41) is 0. The highest BCUT2D eigenvalue weighted by Gasteiger charge is 2.53. The predicted molar refractivity (Wildman–Crippen MR) is 76.6 cm³/mol. The minimum atomic E-state index is -1.12. The second kappa shape index (κ2) is 4.89. The summed E-state index contributed by atoms with van der Waals surface area (Å²) < 4.78 is 26.6. The van der Waals surface area contributed by atoms with Crippen LogP contribution < -0.4 is 4.72 Å². The van der Waals surface area contributed by atoms with Gasteiger partial charge in [-0.05, 0) is 48.5 Å². The van der Waals surface area contributed by atoms with E-state index in [1.807, 2.05) is 55.4 Å². The van der Waals surface area contributed by atoms with Gasteiger partial charge in [0.25, 0.3) is 0 Å². The Morgan fingerprint density at radius 2 is 1.50 bits per heavy atom. The van der Waals surface area contributed by atoms with Gasteiger partial charge in [0, 0.05) is 0 Å². The van der Waals surface area contributed by atoms with E-state index in [2.05, 4.69) is 4.72 Å². The predicted octanol–water partition coefficient (Wildman–Crippen LogP) is 2.06. The molecule has 0 aromatic carbocycles. The van der Waals surface area contributed by atoms with Crippen molar-refractivity contribution in [3.05, 3.63) is 0 Å². The van der Waals surface area contributed by atoms with Crippen molar-refractivity contribution >= 4 is 18.1 Å². The molecule has 18 heavy (non-hydrogen) atoms. The third kappa shape index (κ3) is 3.35. The Morgan fingerprint density at radius 1 is 1.11 bits per heavy atom. The first-order valence-corrected chi connectivity index (χ1v) is 7.55. The molecule has 1 saturated heterocycles. The summed E-state index contributed by atoms with van der Waals surface area (Å²) in [7, 11) is -1.50. The summed E-state index contributed by atoms with van der Waals surface area (Å²) in [6, 6.07) is 0. The zero-order chi connectivity index (χ0) is 14.4. The molecule has 0 radical (unpaired) electrons. The van der Waals surface area contributed by atoms with Crippen molar-refractivity contribution in [2.24, 2.45) is 0 Å². The summed E-state index contributed by atoms with van der Waals surface area (Å²) in [6.07, 6.45) is 0. The normalized spacial score (nSPS) is 26.1. The molecular weight excluding hydrogens is 249 g/mol. The van der Waals surface area contributed by atoms with Crippen LogP contribution in [0.5, 0.6) is 0 Å². The minimum absolute atomic E-state index is 0.119. The summed E-state index contributed by atoms with van der Waals surface area (Å²) in [6.45, 7) is 15.8. The Hall–Kier alpha value is 0.0949. The zero-order valence-electron chi connectivity index (χ0n) is 12.8. The maximum absolute atomic E-state index is 12.0. The number of hydrogen-bond donors (Lipinski definition) is 1. The monoisotopic (exact) mass is 275 g/mol. The summed E-state index contributed by atoms with van der Waals surface area (Å²) in [4.78, 5) is 0. The molecule has 1 fully saturated rings. The van der Waals surface area contributed by atoms with Crippen LogP contribution in [0.1, 0.15) is 55.4 Å². The summed E-state index contributed by atoms with van der Waals surface area (Å²) in [5.74, 6) is -0.119. The molecule has 2 atom stereocenters. The fourth-order valence-electron chi connectivity index (χ4n) is 1.49. The van der Waals surface area contributed by atoms with Crippen LogP contribution in [0, 0.1) is 0 Å². The lowest BCUT2D eigenvalue weighted by atomic mass is 9.80. The number of nitrogens with one attached hydrogen (secondary N) is 1. The zero-order valence-corrected chi connectivity index (χ0v) is 13.6. The molecule has 1 unspecified atom stereocenters. The average Bonchev–Trinajstić information content (AvgIpc) is 2.34. The van der Waals surface area contributed by atoms with Crippen molar-refractivity contribution < 1.29 is 13.5 Å². The quantitative estimate of drug-likeness (QED) is 0.802. The van der Waals surface area contributed by atoms with Crippen LogP contribution in [0.3, 0.4) is 0 Å². The van der Waals surface area contributed by atoms with E-state index in [4.69, 9.17) is 9.31 Å². The van der Waals surface area contributed by atoms with Gasteiger partial charge in [0.1, 0.15) is 0 Å². The first-order valence-electron chi connectivity index (χ1n) is 6.40. The fraction of sp³-hybridized carbons (Fsp3) is 1.00. The van der Waals surface area contributed by atoms with Crippen LogP contribution in [0.4, 0.5) is 0 Å². The molecule has 0 bridgehead atoms. The first kappa shape index (κ1) is 16.2. The molecule has 1 N–H and O–H groups in total. The summed E-state index contributed by atoms with van der Waals surface area (Å²) in [5.41, 5.74) is -0.701. The van der Waals surface area contributed by atoms with E-state index in [-0.39, 0.29) is 29.0 Å². The molecule has 0 aliphatic carbocycles. The van der Waals surface area contributed by atoms with Gasteiger partial charge >= 0.3 is 7.12 Å². The van der Waals surface area contributed by atoms with Crippen molar-refractivity contribution in [1.29, 1.82) is 0 Å². The van der Waals surface area contributed by atoms with Gasteiger partial charge in [0.2, 0.25) is 0 Å². The molecule has 1 heterocycles. The molecule has 1 aliphatic rings. The SMILES string of the molecule is C[C@H](NS(=O)C(C)(C)C)B1OC(C)(C)C(C)(C)O1. The standard InChI is InChI=1S/C12H26BNO3S/c1-9(14-18(15)10(2,3)4)13-16-11(5,6)12(7,8)17-13/h9,14H,1-8H3/t9-,18?/m0/s1. The molecule has 6 heteroatoms. The molecular formula is C12H26BNO3S. The van der Waals surface area contributed by atoms with Crippen molar-refractivity contribution in [1.82, 2.24) is 4.72 Å². The fourth-order valence-corrected chi connectivity index (χ4v) is 2.30. The van der Waals surface area contributed by atoms with E-state index in [9.17, 15) is 4.21 Å². The van der Waals surface area contributed by atoms with Gasteiger partial charge in [-0.3, -0.25) is 0 Å². The van der Waals surface area contributed by atoms with Gasteiger partial charge in [0.05, 0.1) is 32.9 Å². The molecule has 1 aliphatic heterocycles. The van der Waals surface area contributed by atoms with E-state index < -0.39 is 11.0 Å². The Bertz CT molecular complexity index is 323. The van der Waals surface area contributed by atoms with Gasteiger partial charge < -0.3 is 9.31 Å². The molecule has 0 amide bonds. The van der Waals surface area contributed by atoms with E-state index >= 15 is 0 Å². The second-order valence-corrected chi connectivity index (χ2v) is 8.91. The second-order valence-electron chi connectivity index (χ2n) is 6.91. The van der Waals surface area contributed by atoms with Crippen LogP contribution in [0.2, 0.25) is 0 Å². The Morgan fingerprint density at radius 3 is 1.83 bits per heavy atom. The molecule has 0 saturated carbocycles. The lowest BCUT2D eigenvalue weighted by molar-refractivity contribution is 0.00578. The van der Waals surface area contributed by atoms with Crippen LogP contribution in [-0.4, -0.2) is 33.2 Å².